The van der Waals surface area contributed by atoms with Crippen LogP contribution in [0.4, 0.5) is 0 Å². The number of rotatable bonds is 5. The summed E-state index contributed by atoms with van der Waals surface area (Å²) in [5, 5.41) is 4.67. The van der Waals surface area contributed by atoms with Crippen molar-refractivity contribution in [1.82, 2.24) is 14.7 Å². The molecule has 4 rings (SSSR count). The Labute approximate surface area is 153 Å². The van der Waals surface area contributed by atoms with E-state index in [0.29, 0.717) is 33.0 Å². The van der Waals surface area contributed by atoms with E-state index in [0.717, 1.165) is 35.8 Å². The molecule has 2 aliphatic rings. The molecule has 2 aromatic rings. The number of fused-ring (bicyclic) bond motifs is 1. The Kier molecular flexibility index (Phi) is 5.10. The first-order chi connectivity index (χ1) is 12.7. The van der Waals surface area contributed by atoms with Crippen molar-refractivity contribution in [2.45, 2.75) is 12.6 Å². The fourth-order valence-electron chi connectivity index (χ4n) is 3.43. The van der Waals surface area contributed by atoms with Gasteiger partial charge >= 0.3 is 0 Å². The second kappa shape index (κ2) is 7.65. The molecule has 0 amide bonds. The summed E-state index contributed by atoms with van der Waals surface area (Å²) in [5.74, 6) is 1.58. The van der Waals surface area contributed by atoms with Gasteiger partial charge in [-0.3, -0.25) is 9.58 Å². The summed E-state index contributed by atoms with van der Waals surface area (Å²) in [4.78, 5) is 2.25. The second-order valence-electron chi connectivity index (χ2n) is 6.80. The molecular formula is C19H25N3O4. The van der Waals surface area contributed by atoms with Crippen molar-refractivity contribution in [3.8, 4) is 22.8 Å². The number of hydrogen-bond donors (Lipinski definition) is 0. The molecule has 0 aliphatic carbocycles. The van der Waals surface area contributed by atoms with Gasteiger partial charge in [-0.05, 0) is 25.2 Å². The van der Waals surface area contributed by atoms with E-state index in [4.69, 9.17) is 18.9 Å². The average Bonchev–Trinajstić information content (AvgIpc) is 3.02. The van der Waals surface area contributed by atoms with Gasteiger partial charge in [-0.15, -0.1) is 0 Å². The Morgan fingerprint density at radius 2 is 2.00 bits per heavy atom. The smallest absolute Gasteiger partial charge is 0.162 e. The van der Waals surface area contributed by atoms with Crippen molar-refractivity contribution in [2.75, 3.05) is 46.6 Å². The van der Waals surface area contributed by atoms with Crippen LogP contribution in [-0.4, -0.2) is 67.4 Å². The molecule has 7 heteroatoms. The Bertz CT molecular complexity index is 755. The number of likely N-dealkylation sites (N-methyl/N-ethyl adjacent to an activating group) is 1. The molecule has 3 heterocycles. The maximum Gasteiger partial charge on any atom is 0.162 e. The zero-order valence-electron chi connectivity index (χ0n) is 15.3. The topological polar surface area (TPSA) is 58.0 Å². The molecule has 0 saturated carbocycles. The maximum absolute atomic E-state index is 5.75. The Hall–Kier alpha value is -2.09. The predicted octanol–water partition coefficient (Wildman–Crippen LogP) is 1.71. The van der Waals surface area contributed by atoms with E-state index in [-0.39, 0.29) is 6.10 Å². The quantitative estimate of drug-likeness (QED) is 0.810. The highest BCUT2D eigenvalue weighted by atomic mass is 16.6. The highest BCUT2D eigenvalue weighted by Crippen LogP contribution is 2.35. The normalized spacial score (nSPS) is 19.7. The Morgan fingerprint density at radius 1 is 1.15 bits per heavy atom. The van der Waals surface area contributed by atoms with Crippen LogP contribution in [0, 0.1) is 0 Å². The van der Waals surface area contributed by atoms with Crippen LogP contribution in [0.3, 0.4) is 0 Å². The molecule has 1 aromatic heterocycles. The first kappa shape index (κ1) is 17.3. The minimum atomic E-state index is 0.128. The molecule has 1 saturated heterocycles. The molecule has 140 valence electrons. The number of ether oxygens (including phenoxy) is 4. The van der Waals surface area contributed by atoms with Crippen molar-refractivity contribution in [3.63, 3.8) is 0 Å². The fourth-order valence-corrected chi connectivity index (χ4v) is 3.43. The molecule has 0 unspecified atom stereocenters. The van der Waals surface area contributed by atoms with Crippen molar-refractivity contribution >= 4 is 0 Å². The second-order valence-corrected chi connectivity index (χ2v) is 6.80. The van der Waals surface area contributed by atoms with Crippen LogP contribution in [-0.2, 0) is 23.1 Å². The molecule has 1 atom stereocenters. The molecule has 0 N–H and O–H groups in total. The standard InChI is InChI=1S/C19H25N3O4/c1-21(12-16-13-23-5-6-24-16)10-15-11-22(2)20-19(15)14-3-4-17-18(9-14)26-8-7-25-17/h3-4,9,11,16H,5-8,10,12-13H2,1-2H3/t16-/m1/s1. The van der Waals surface area contributed by atoms with Crippen LogP contribution in [0.25, 0.3) is 11.3 Å². The van der Waals surface area contributed by atoms with Crippen molar-refractivity contribution in [3.05, 3.63) is 30.0 Å². The van der Waals surface area contributed by atoms with Crippen molar-refractivity contribution < 1.29 is 18.9 Å². The van der Waals surface area contributed by atoms with Gasteiger partial charge in [0.15, 0.2) is 11.5 Å². The van der Waals surface area contributed by atoms with Gasteiger partial charge in [0, 0.05) is 37.5 Å². The number of benzene rings is 1. The summed E-state index contributed by atoms with van der Waals surface area (Å²) in [6.07, 6.45) is 2.20. The zero-order chi connectivity index (χ0) is 17.9. The van der Waals surface area contributed by atoms with E-state index in [1.54, 1.807) is 0 Å². The highest BCUT2D eigenvalue weighted by Gasteiger charge is 2.20. The summed E-state index contributed by atoms with van der Waals surface area (Å²) in [5.41, 5.74) is 3.18. The first-order valence-electron chi connectivity index (χ1n) is 8.99. The number of nitrogens with zero attached hydrogens (tertiary/aromatic N) is 3. The monoisotopic (exact) mass is 359 g/mol. The van der Waals surface area contributed by atoms with Crippen LogP contribution in [0.15, 0.2) is 24.4 Å². The minimum Gasteiger partial charge on any atom is -0.486 e. The lowest BCUT2D eigenvalue weighted by molar-refractivity contribution is -0.0962. The van der Waals surface area contributed by atoms with Crippen LogP contribution in [0.2, 0.25) is 0 Å². The van der Waals surface area contributed by atoms with E-state index >= 15 is 0 Å². The molecule has 0 radical (unpaired) electrons. The molecule has 0 spiro atoms. The number of aromatic nitrogens is 2. The third kappa shape index (κ3) is 3.85. The van der Waals surface area contributed by atoms with E-state index in [9.17, 15) is 0 Å². The molecule has 1 aromatic carbocycles. The fraction of sp³-hybridized carbons (Fsp3) is 0.526. The molecule has 0 bridgehead atoms. The summed E-state index contributed by atoms with van der Waals surface area (Å²) in [6.45, 7) is 4.82. The van der Waals surface area contributed by atoms with Crippen molar-refractivity contribution in [2.24, 2.45) is 7.05 Å². The maximum atomic E-state index is 5.75. The molecule has 1 fully saturated rings. The van der Waals surface area contributed by atoms with Gasteiger partial charge in [-0.2, -0.15) is 5.10 Å². The predicted molar refractivity (Wildman–Crippen MR) is 96.5 cm³/mol. The lowest BCUT2D eigenvalue weighted by atomic mass is 10.1. The zero-order valence-corrected chi connectivity index (χ0v) is 15.3. The van der Waals surface area contributed by atoms with E-state index < -0.39 is 0 Å². The van der Waals surface area contributed by atoms with Crippen LogP contribution in [0.1, 0.15) is 5.56 Å². The van der Waals surface area contributed by atoms with Gasteiger partial charge in [-0.25, -0.2) is 0 Å². The summed E-state index contributed by atoms with van der Waals surface area (Å²) in [6, 6.07) is 6.01. The number of aryl methyl sites for hydroxylation is 1. The lowest BCUT2D eigenvalue weighted by Gasteiger charge is -2.27. The van der Waals surface area contributed by atoms with Gasteiger partial charge < -0.3 is 18.9 Å². The van der Waals surface area contributed by atoms with Gasteiger partial charge in [0.25, 0.3) is 0 Å². The Balaban J connectivity index is 1.51. The lowest BCUT2D eigenvalue weighted by Crippen LogP contribution is -2.38. The molecule has 2 aliphatic heterocycles. The van der Waals surface area contributed by atoms with Crippen LogP contribution in [0.5, 0.6) is 11.5 Å². The van der Waals surface area contributed by atoms with Crippen LogP contribution < -0.4 is 9.47 Å². The Morgan fingerprint density at radius 3 is 2.81 bits per heavy atom. The third-order valence-electron chi connectivity index (χ3n) is 4.56. The SMILES string of the molecule is CN(Cc1cn(C)nc1-c1ccc2c(c1)OCCO2)C[C@@H]1COCCO1. The van der Waals surface area contributed by atoms with E-state index in [2.05, 4.69) is 23.2 Å². The number of hydrogen-bond acceptors (Lipinski definition) is 6. The van der Waals surface area contributed by atoms with Gasteiger partial charge in [0.05, 0.1) is 31.6 Å². The molecular weight excluding hydrogens is 334 g/mol. The molecule has 26 heavy (non-hydrogen) atoms. The van der Waals surface area contributed by atoms with E-state index in [1.165, 1.54) is 5.56 Å². The summed E-state index contributed by atoms with van der Waals surface area (Å²) < 4.78 is 24.4. The summed E-state index contributed by atoms with van der Waals surface area (Å²) in [7, 11) is 4.04. The average molecular weight is 359 g/mol. The summed E-state index contributed by atoms with van der Waals surface area (Å²) >= 11 is 0. The van der Waals surface area contributed by atoms with Gasteiger partial charge in [0.2, 0.25) is 0 Å². The third-order valence-corrected chi connectivity index (χ3v) is 4.56. The van der Waals surface area contributed by atoms with E-state index in [1.807, 2.05) is 29.9 Å². The van der Waals surface area contributed by atoms with Crippen LogP contribution >= 0.6 is 0 Å². The largest absolute Gasteiger partial charge is 0.486 e. The minimum absolute atomic E-state index is 0.128. The first-order valence-corrected chi connectivity index (χ1v) is 8.99. The van der Waals surface area contributed by atoms with Gasteiger partial charge in [0.1, 0.15) is 13.2 Å². The highest BCUT2D eigenvalue weighted by molar-refractivity contribution is 5.66. The van der Waals surface area contributed by atoms with Crippen molar-refractivity contribution in [1.29, 1.82) is 0 Å². The molecule has 7 nitrogen and oxygen atoms in total. The van der Waals surface area contributed by atoms with Gasteiger partial charge in [-0.1, -0.05) is 0 Å².